The summed E-state index contributed by atoms with van der Waals surface area (Å²) in [5.74, 6) is 4.34. The number of ether oxygens (including phenoxy) is 1. The Kier molecular flexibility index (Phi) is 7.23. The van der Waals surface area contributed by atoms with Gasteiger partial charge in [-0.1, -0.05) is 0 Å². The number of primary amides is 1. The molecule has 6 N–H and O–H groups in total. The maximum absolute atomic E-state index is 11.1. The van der Waals surface area contributed by atoms with E-state index in [1.165, 1.54) is 18.2 Å². The van der Waals surface area contributed by atoms with Crippen molar-refractivity contribution in [1.29, 1.82) is 0 Å². The average Bonchev–Trinajstić information content (AvgIpc) is 2.49. The number of benzene rings is 1. The van der Waals surface area contributed by atoms with Gasteiger partial charge < -0.3 is 21.1 Å². The maximum atomic E-state index is 11.1. The first kappa shape index (κ1) is 18.1. The summed E-state index contributed by atoms with van der Waals surface area (Å²) in [5.41, 5.74) is 5.47. The number of nitrogens with one attached hydrogen (secondary N) is 2. The van der Waals surface area contributed by atoms with Crippen molar-refractivity contribution in [3.8, 4) is 0 Å². The highest BCUT2D eigenvalue weighted by atomic mass is 16.6. The number of amides is 2. The highest BCUT2D eigenvalue weighted by molar-refractivity contribution is 5.77. The number of nitro benzene ring substituents is 1. The topological polar surface area (TPSA) is 172 Å². The fourth-order valence-corrected chi connectivity index (χ4v) is 1.65. The predicted molar refractivity (Wildman–Crippen MR) is 79.1 cm³/mol. The second kappa shape index (κ2) is 9.17. The summed E-state index contributed by atoms with van der Waals surface area (Å²) in [5, 5.41) is 16.3. The third-order valence-corrected chi connectivity index (χ3v) is 2.62. The van der Waals surface area contributed by atoms with Crippen LogP contribution in [0, 0.1) is 10.1 Å². The Morgan fingerprint density at radius 3 is 2.65 bits per heavy atom. The molecule has 0 radical (unpaired) electrons. The Balaban J connectivity index is 2.65. The Labute approximate surface area is 131 Å². The molecule has 1 aromatic rings. The van der Waals surface area contributed by atoms with Crippen LogP contribution in [-0.2, 0) is 21.0 Å². The first-order valence-electron chi connectivity index (χ1n) is 6.46. The molecule has 1 rings (SSSR count). The molecule has 0 spiro atoms. The molecule has 0 saturated carbocycles. The van der Waals surface area contributed by atoms with E-state index in [0.29, 0.717) is 5.56 Å². The number of nitrogens with two attached hydrogens (primary N) is 2. The van der Waals surface area contributed by atoms with Gasteiger partial charge in [0.15, 0.2) is 0 Å². The molecule has 0 saturated heterocycles. The van der Waals surface area contributed by atoms with Crippen molar-refractivity contribution < 1.29 is 24.1 Å². The first-order valence-corrected chi connectivity index (χ1v) is 6.46. The summed E-state index contributed by atoms with van der Waals surface area (Å²) in [6, 6.07) is 4.20. The molecule has 0 fully saturated rings. The van der Waals surface area contributed by atoms with Crippen LogP contribution in [0.1, 0.15) is 5.56 Å². The highest BCUT2D eigenvalue weighted by Gasteiger charge is 2.14. The molecule has 0 atom stereocenters. The second-order valence-electron chi connectivity index (χ2n) is 4.30. The van der Waals surface area contributed by atoms with Crippen LogP contribution < -0.4 is 22.3 Å². The van der Waals surface area contributed by atoms with Crippen LogP contribution in [0.25, 0.3) is 0 Å². The summed E-state index contributed by atoms with van der Waals surface area (Å²) in [6.45, 7) is 0.0608. The summed E-state index contributed by atoms with van der Waals surface area (Å²) in [6.07, 6.45) is -0.942. The quantitative estimate of drug-likeness (QED) is 0.269. The number of hydrogen-bond acceptors (Lipinski definition) is 8. The third kappa shape index (κ3) is 6.58. The SMILES string of the molecule is NOCC(=O)NCCNc1cc(COC(N)=O)ccc1[N+](=O)[O-]. The molecule has 0 unspecified atom stereocenters. The number of nitrogens with zero attached hydrogens (tertiary/aromatic N) is 1. The van der Waals surface area contributed by atoms with Crippen LogP contribution in [0.2, 0.25) is 0 Å². The van der Waals surface area contributed by atoms with Crippen LogP contribution in [0.4, 0.5) is 16.2 Å². The summed E-state index contributed by atoms with van der Waals surface area (Å²) in [4.78, 5) is 36.3. The van der Waals surface area contributed by atoms with Gasteiger partial charge in [-0.2, -0.15) is 0 Å². The van der Waals surface area contributed by atoms with E-state index in [9.17, 15) is 19.7 Å². The van der Waals surface area contributed by atoms with Gasteiger partial charge in [-0.25, -0.2) is 10.7 Å². The number of carbonyl (C=O) groups is 2. The van der Waals surface area contributed by atoms with Gasteiger partial charge in [0.2, 0.25) is 5.91 Å². The Hall–Kier alpha value is -2.92. The van der Waals surface area contributed by atoms with E-state index in [1.807, 2.05) is 0 Å². The van der Waals surface area contributed by atoms with Gasteiger partial charge >= 0.3 is 6.09 Å². The summed E-state index contributed by atoms with van der Waals surface area (Å²) < 4.78 is 4.63. The van der Waals surface area contributed by atoms with Crippen molar-refractivity contribution in [1.82, 2.24) is 5.32 Å². The first-order chi connectivity index (χ1) is 10.9. The van der Waals surface area contributed by atoms with Crippen molar-refractivity contribution in [3.05, 3.63) is 33.9 Å². The number of nitro groups is 1. The van der Waals surface area contributed by atoms with Crippen molar-refractivity contribution in [2.45, 2.75) is 6.61 Å². The minimum Gasteiger partial charge on any atom is -0.445 e. The lowest BCUT2D eigenvalue weighted by Gasteiger charge is -2.10. The molecular formula is C12H17N5O6. The van der Waals surface area contributed by atoms with E-state index in [-0.39, 0.29) is 37.7 Å². The van der Waals surface area contributed by atoms with Gasteiger partial charge in [-0.3, -0.25) is 19.7 Å². The van der Waals surface area contributed by atoms with E-state index in [2.05, 4.69) is 20.2 Å². The van der Waals surface area contributed by atoms with Crippen molar-refractivity contribution >= 4 is 23.4 Å². The van der Waals surface area contributed by atoms with Crippen molar-refractivity contribution in [2.75, 3.05) is 25.0 Å². The van der Waals surface area contributed by atoms with Crippen LogP contribution in [0.3, 0.4) is 0 Å². The van der Waals surface area contributed by atoms with Gasteiger partial charge in [0.25, 0.3) is 5.69 Å². The lowest BCUT2D eigenvalue weighted by atomic mass is 10.2. The molecule has 11 heteroatoms. The molecule has 126 valence electrons. The molecule has 11 nitrogen and oxygen atoms in total. The third-order valence-electron chi connectivity index (χ3n) is 2.62. The van der Waals surface area contributed by atoms with E-state index in [0.717, 1.165) is 0 Å². The van der Waals surface area contributed by atoms with Gasteiger partial charge in [-0.15, -0.1) is 0 Å². The molecule has 1 aromatic carbocycles. The van der Waals surface area contributed by atoms with Gasteiger partial charge in [-0.05, 0) is 17.7 Å². The minimum atomic E-state index is -0.942. The molecule has 0 aliphatic rings. The van der Waals surface area contributed by atoms with Crippen LogP contribution >= 0.6 is 0 Å². The van der Waals surface area contributed by atoms with E-state index < -0.39 is 16.9 Å². The van der Waals surface area contributed by atoms with Crippen LogP contribution in [-0.4, -0.2) is 36.6 Å². The van der Waals surface area contributed by atoms with E-state index in [4.69, 9.17) is 11.6 Å². The standard InChI is InChI=1S/C12H17N5O6/c13-12(19)22-6-8-1-2-10(17(20)21)9(5-8)15-3-4-16-11(18)7-23-14/h1-2,5,15H,3-4,6-7,14H2,(H2,13,19)(H,16,18). The predicted octanol–water partition coefficient (Wildman–Crippen LogP) is -0.391. The Morgan fingerprint density at radius 1 is 1.30 bits per heavy atom. The zero-order valence-electron chi connectivity index (χ0n) is 12.1. The molecular weight excluding hydrogens is 310 g/mol. The lowest BCUT2D eigenvalue weighted by Crippen LogP contribution is -2.32. The Morgan fingerprint density at radius 2 is 2.04 bits per heavy atom. The van der Waals surface area contributed by atoms with Crippen molar-refractivity contribution in [2.24, 2.45) is 11.6 Å². The second-order valence-corrected chi connectivity index (χ2v) is 4.30. The molecule has 0 heterocycles. The van der Waals surface area contributed by atoms with Crippen molar-refractivity contribution in [3.63, 3.8) is 0 Å². The maximum Gasteiger partial charge on any atom is 0.404 e. The largest absolute Gasteiger partial charge is 0.445 e. The fourth-order valence-electron chi connectivity index (χ4n) is 1.65. The molecule has 0 bridgehead atoms. The number of hydrogen-bond donors (Lipinski definition) is 4. The van der Waals surface area contributed by atoms with Gasteiger partial charge in [0.1, 0.15) is 18.9 Å². The lowest BCUT2D eigenvalue weighted by molar-refractivity contribution is -0.384. The monoisotopic (exact) mass is 327 g/mol. The van der Waals surface area contributed by atoms with E-state index >= 15 is 0 Å². The van der Waals surface area contributed by atoms with Gasteiger partial charge in [0, 0.05) is 19.2 Å². The van der Waals surface area contributed by atoms with E-state index in [1.54, 1.807) is 0 Å². The highest BCUT2D eigenvalue weighted by Crippen LogP contribution is 2.25. The van der Waals surface area contributed by atoms with Gasteiger partial charge in [0.05, 0.1) is 4.92 Å². The number of rotatable bonds is 9. The molecule has 0 aliphatic carbocycles. The molecule has 23 heavy (non-hydrogen) atoms. The number of anilines is 1. The number of carbonyl (C=O) groups excluding carboxylic acids is 2. The molecule has 0 aromatic heterocycles. The smallest absolute Gasteiger partial charge is 0.404 e. The average molecular weight is 327 g/mol. The summed E-state index contributed by atoms with van der Waals surface area (Å²) in [7, 11) is 0. The zero-order chi connectivity index (χ0) is 17.2. The van der Waals surface area contributed by atoms with Crippen LogP contribution in [0.5, 0.6) is 0 Å². The molecule has 0 aliphatic heterocycles. The molecule has 2 amide bonds. The minimum absolute atomic E-state index is 0.105. The zero-order valence-corrected chi connectivity index (χ0v) is 12.1. The summed E-state index contributed by atoms with van der Waals surface area (Å²) >= 11 is 0. The fraction of sp³-hybridized carbons (Fsp3) is 0.333. The Bertz CT molecular complexity index is 579. The normalized spacial score (nSPS) is 9.96. The van der Waals surface area contributed by atoms with Crippen LogP contribution in [0.15, 0.2) is 18.2 Å².